The first-order valence-electron chi connectivity index (χ1n) is 10.3. The van der Waals surface area contributed by atoms with Crippen LogP contribution in [0.3, 0.4) is 0 Å². The summed E-state index contributed by atoms with van der Waals surface area (Å²) in [7, 11) is 0. The Labute approximate surface area is 154 Å². The molecule has 2 saturated heterocycles. The second-order valence-corrected chi connectivity index (χ2v) is 8.95. The molecule has 0 aliphatic carbocycles. The van der Waals surface area contributed by atoms with Crippen molar-refractivity contribution in [1.82, 2.24) is 15.1 Å². The van der Waals surface area contributed by atoms with Crippen LogP contribution in [0.4, 0.5) is 0 Å². The molecule has 2 atom stereocenters. The van der Waals surface area contributed by atoms with Crippen molar-refractivity contribution in [3.05, 3.63) is 35.4 Å². The Morgan fingerprint density at radius 2 is 1.76 bits per heavy atom. The summed E-state index contributed by atoms with van der Waals surface area (Å²) in [6, 6.07) is 10.7. The number of nitrogens with zero attached hydrogens (tertiary/aromatic N) is 2. The molecule has 0 spiro atoms. The molecule has 2 fully saturated rings. The SMILES string of the molecule is CCC1CN(C(CN2CCCC2)c2ccc(C(C)(C)C)cc2)CCN1. The molecule has 1 aromatic rings. The summed E-state index contributed by atoms with van der Waals surface area (Å²) in [5.41, 5.74) is 3.16. The van der Waals surface area contributed by atoms with Gasteiger partial charge in [0.2, 0.25) is 0 Å². The Morgan fingerprint density at radius 1 is 1.08 bits per heavy atom. The van der Waals surface area contributed by atoms with Gasteiger partial charge in [0, 0.05) is 38.3 Å². The van der Waals surface area contributed by atoms with E-state index in [1.807, 2.05) is 0 Å². The first kappa shape index (κ1) is 18.9. The molecule has 3 heteroatoms. The van der Waals surface area contributed by atoms with Crippen molar-refractivity contribution in [2.75, 3.05) is 39.3 Å². The standard InChI is InChI=1S/C22H37N3/c1-5-20-16-25(15-12-23-20)21(17-24-13-6-7-14-24)18-8-10-19(11-9-18)22(2,3)4/h8-11,20-21,23H,5-7,12-17H2,1-4H3. The van der Waals surface area contributed by atoms with Gasteiger partial charge in [-0.3, -0.25) is 4.90 Å². The smallest absolute Gasteiger partial charge is 0.0476 e. The number of nitrogens with one attached hydrogen (secondary N) is 1. The molecule has 2 aliphatic heterocycles. The highest BCUT2D eigenvalue weighted by atomic mass is 15.3. The van der Waals surface area contributed by atoms with Crippen LogP contribution in [0.5, 0.6) is 0 Å². The van der Waals surface area contributed by atoms with Crippen LogP contribution < -0.4 is 5.32 Å². The fourth-order valence-electron chi connectivity index (χ4n) is 4.25. The van der Waals surface area contributed by atoms with Crippen molar-refractivity contribution in [2.24, 2.45) is 0 Å². The lowest BCUT2D eigenvalue weighted by atomic mass is 9.86. The van der Waals surface area contributed by atoms with E-state index in [0.29, 0.717) is 12.1 Å². The zero-order chi connectivity index (χ0) is 17.9. The summed E-state index contributed by atoms with van der Waals surface area (Å²) in [5.74, 6) is 0. The molecule has 25 heavy (non-hydrogen) atoms. The maximum absolute atomic E-state index is 3.67. The zero-order valence-electron chi connectivity index (χ0n) is 16.7. The third-order valence-corrected chi connectivity index (χ3v) is 6.01. The summed E-state index contributed by atoms with van der Waals surface area (Å²) >= 11 is 0. The van der Waals surface area contributed by atoms with Gasteiger partial charge >= 0.3 is 0 Å². The molecule has 2 heterocycles. The number of hydrogen-bond acceptors (Lipinski definition) is 3. The molecule has 140 valence electrons. The van der Waals surface area contributed by atoms with Crippen LogP contribution in [-0.4, -0.2) is 55.1 Å². The van der Waals surface area contributed by atoms with E-state index in [0.717, 1.165) is 13.1 Å². The van der Waals surface area contributed by atoms with Gasteiger partial charge in [-0.2, -0.15) is 0 Å². The molecule has 0 radical (unpaired) electrons. The number of hydrogen-bond donors (Lipinski definition) is 1. The van der Waals surface area contributed by atoms with E-state index >= 15 is 0 Å². The average molecular weight is 344 g/mol. The van der Waals surface area contributed by atoms with E-state index < -0.39 is 0 Å². The van der Waals surface area contributed by atoms with Crippen molar-refractivity contribution >= 4 is 0 Å². The van der Waals surface area contributed by atoms with Crippen molar-refractivity contribution in [3.63, 3.8) is 0 Å². The van der Waals surface area contributed by atoms with Crippen molar-refractivity contribution in [2.45, 2.75) is 64.5 Å². The molecular formula is C22H37N3. The topological polar surface area (TPSA) is 18.5 Å². The third kappa shape index (κ3) is 4.84. The van der Waals surface area contributed by atoms with Gasteiger partial charge in [0.1, 0.15) is 0 Å². The molecule has 1 aromatic carbocycles. The summed E-state index contributed by atoms with van der Waals surface area (Å²) in [4.78, 5) is 5.40. The number of benzene rings is 1. The van der Waals surface area contributed by atoms with E-state index in [4.69, 9.17) is 0 Å². The fourth-order valence-corrected chi connectivity index (χ4v) is 4.25. The minimum atomic E-state index is 0.228. The van der Waals surface area contributed by atoms with Crippen LogP contribution in [-0.2, 0) is 5.41 Å². The fraction of sp³-hybridized carbons (Fsp3) is 0.727. The molecule has 0 saturated carbocycles. The summed E-state index contributed by atoms with van der Waals surface area (Å²) in [6.45, 7) is 16.4. The molecule has 3 nitrogen and oxygen atoms in total. The van der Waals surface area contributed by atoms with Crippen molar-refractivity contribution in [3.8, 4) is 0 Å². The lowest BCUT2D eigenvalue weighted by molar-refractivity contribution is 0.112. The first-order chi connectivity index (χ1) is 12.0. The molecule has 0 amide bonds. The van der Waals surface area contributed by atoms with Gasteiger partial charge in [-0.25, -0.2) is 0 Å². The lowest BCUT2D eigenvalue weighted by Crippen LogP contribution is -2.52. The lowest BCUT2D eigenvalue weighted by Gasteiger charge is -2.40. The second kappa shape index (κ2) is 8.20. The van der Waals surface area contributed by atoms with Crippen molar-refractivity contribution < 1.29 is 0 Å². The molecule has 2 aliphatic rings. The predicted octanol–water partition coefficient (Wildman–Crippen LogP) is 3.80. The van der Waals surface area contributed by atoms with Gasteiger partial charge in [-0.1, -0.05) is 52.0 Å². The summed E-state index contributed by atoms with van der Waals surface area (Å²) < 4.78 is 0. The van der Waals surface area contributed by atoms with E-state index in [1.165, 1.54) is 56.6 Å². The molecule has 0 bridgehead atoms. The summed E-state index contributed by atoms with van der Waals surface area (Å²) in [5, 5.41) is 3.67. The monoisotopic (exact) mass is 343 g/mol. The highest BCUT2D eigenvalue weighted by Crippen LogP contribution is 2.28. The van der Waals surface area contributed by atoms with E-state index in [-0.39, 0.29) is 5.41 Å². The van der Waals surface area contributed by atoms with Gasteiger partial charge in [0.15, 0.2) is 0 Å². The van der Waals surface area contributed by atoms with Gasteiger partial charge < -0.3 is 10.2 Å². The van der Waals surface area contributed by atoms with E-state index in [1.54, 1.807) is 0 Å². The minimum Gasteiger partial charge on any atom is -0.311 e. The van der Waals surface area contributed by atoms with E-state index in [2.05, 4.69) is 67.1 Å². The van der Waals surface area contributed by atoms with Gasteiger partial charge in [-0.05, 0) is 48.9 Å². The normalized spacial score (nSPS) is 24.6. The van der Waals surface area contributed by atoms with Gasteiger partial charge in [0.25, 0.3) is 0 Å². The largest absolute Gasteiger partial charge is 0.311 e. The maximum atomic E-state index is 3.67. The molecule has 2 unspecified atom stereocenters. The number of likely N-dealkylation sites (tertiary alicyclic amines) is 1. The maximum Gasteiger partial charge on any atom is 0.0476 e. The molecule has 1 N–H and O–H groups in total. The quantitative estimate of drug-likeness (QED) is 0.877. The average Bonchev–Trinajstić information content (AvgIpc) is 3.12. The van der Waals surface area contributed by atoms with Crippen LogP contribution in [0.15, 0.2) is 24.3 Å². The second-order valence-electron chi connectivity index (χ2n) is 8.95. The highest BCUT2D eigenvalue weighted by molar-refractivity contribution is 5.29. The van der Waals surface area contributed by atoms with Crippen LogP contribution in [0.2, 0.25) is 0 Å². The highest BCUT2D eigenvalue weighted by Gasteiger charge is 2.28. The number of piperazine rings is 1. The minimum absolute atomic E-state index is 0.228. The van der Waals surface area contributed by atoms with Gasteiger partial charge in [0.05, 0.1) is 0 Å². The zero-order valence-corrected chi connectivity index (χ0v) is 16.7. The third-order valence-electron chi connectivity index (χ3n) is 6.01. The Morgan fingerprint density at radius 3 is 2.36 bits per heavy atom. The van der Waals surface area contributed by atoms with Crippen LogP contribution >= 0.6 is 0 Å². The molecule has 3 rings (SSSR count). The Bertz CT molecular complexity index is 525. The first-order valence-corrected chi connectivity index (χ1v) is 10.3. The van der Waals surface area contributed by atoms with Crippen LogP contribution in [0, 0.1) is 0 Å². The predicted molar refractivity (Wildman–Crippen MR) is 107 cm³/mol. The summed E-state index contributed by atoms with van der Waals surface area (Å²) in [6.07, 6.45) is 3.96. The molecule has 0 aromatic heterocycles. The van der Waals surface area contributed by atoms with Gasteiger partial charge in [-0.15, -0.1) is 0 Å². The number of rotatable bonds is 5. The molecular weight excluding hydrogens is 306 g/mol. The van der Waals surface area contributed by atoms with Crippen molar-refractivity contribution in [1.29, 1.82) is 0 Å². The Hall–Kier alpha value is -0.900. The van der Waals surface area contributed by atoms with E-state index in [9.17, 15) is 0 Å². The van der Waals surface area contributed by atoms with Crippen LogP contribution in [0.1, 0.15) is 64.1 Å². The van der Waals surface area contributed by atoms with Crippen LogP contribution in [0.25, 0.3) is 0 Å². The Balaban J connectivity index is 1.79. The Kier molecular flexibility index (Phi) is 6.19.